The van der Waals surface area contributed by atoms with Gasteiger partial charge in [-0.1, -0.05) is 12.1 Å². The molecule has 4 rings (SSSR count). The Hall–Kier alpha value is -1.10. The highest BCUT2D eigenvalue weighted by atomic mass is 79.9. The molecule has 0 aliphatic carbocycles. The summed E-state index contributed by atoms with van der Waals surface area (Å²) >= 11 is 6.08. The van der Waals surface area contributed by atoms with Crippen molar-refractivity contribution in [1.29, 1.82) is 0 Å². The first-order valence-electron chi connectivity index (χ1n) is 9.06. The number of hydrogen-bond donors (Lipinski definition) is 1. The van der Waals surface area contributed by atoms with Crippen molar-refractivity contribution >= 4 is 39.5 Å². The molecular formula is C20H17BrF4O3S2. The molecule has 2 aliphatic heterocycles. The van der Waals surface area contributed by atoms with Gasteiger partial charge in [-0.3, -0.25) is 0 Å². The summed E-state index contributed by atoms with van der Waals surface area (Å²) in [5.41, 5.74) is 0.993. The smallest absolute Gasteiger partial charge is 0.446 e. The maximum atomic E-state index is 14.1. The second kappa shape index (κ2) is 7.79. The van der Waals surface area contributed by atoms with E-state index >= 15 is 0 Å². The molecule has 10 heteroatoms. The Kier molecular flexibility index (Phi) is 5.74. The predicted molar refractivity (Wildman–Crippen MR) is 112 cm³/mol. The van der Waals surface area contributed by atoms with Crippen LogP contribution in [0.2, 0.25) is 0 Å². The second-order valence-corrected chi connectivity index (χ2v) is 10.9. The second-order valence-electron chi connectivity index (χ2n) is 7.09. The van der Waals surface area contributed by atoms with Gasteiger partial charge < -0.3 is 14.6 Å². The number of benzene rings is 2. The maximum absolute atomic E-state index is 14.1. The summed E-state index contributed by atoms with van der Waals surface area (Å²) in [5.74, 6) is -2.73. The van der Waals surface area contributed by atoms with Crippen LogP contribution in [0.15, 0.2) is 40.9 Å². The molecule has 1 N–H and O–H groups in total. The molecule has 30 heavy (non-hydrogen) atoms. The highest BCUT2D eigenvalue weighted by Gasteiger charge is 2.60. The van der Waals surface area contributed by atoms with Gasteiger partial charge in [-0.2, -0.15) is 13.2 Å². The van der Waals surface area contributed by atoms with E-state index in [1.54, 1.807) is 6.07 Å². The number of hydrogen-bond acceptors (Lipinski definition) is 5. The molecule has 3 nitrogen and oxygen atoms in total. The summed E-state index contributed by atoms with van der Waals surface area (Å²) in [4.78, 5) is 0. The van der Waals surface area contributed by atoms with E-state index in [2.05, 4.69) is 20.7 Å². The van der Waals surface area contributed by atoms with Gasteiger partial charge in [0.1, 0.15) is 16.0 Å². The van der Waals surface area contributed by atoms with Crippen LogP contribution in [-0.4, -0.2) is 28.6 Å². The first-order valence-corrected chi connectivity index (χ1v) is 11.8. The lowest BCUT2D eigenvalue weighted by molar-refractivity contribution is -0.332. The van der Waals surface area contributed by atoms with Gasteiger partial charge in [0.25, 0.3) is 0 Å². The molecular weight excluding hydrogens is 508 g/mol. The number of fused-ring (bicyclic) bond motifs is 1. The van der Waals surface area contributed by atoms with E-state index < -0.39 is 28.0 Å². The number of ether oxygens (including phenoxy) is 2. The monoisotopic (exact) mass is 524 g/mol. The predicted octanol–water partition coefficient (Wildman–Crippen LogP) is 6.39. The Bertz CT molecular complexity index is 967. The zero-order valence-electron chi connectivity index (χ0n) is 15.6. The summed E-state index contributed by atoms with van der Waals surface area (Å²) in [6, 6.07) is 8.56. The van der Waals surface area contributed by atoms with E-state index in [-0.39, 0.29) is 16.0 Å². The lowest BCUT2D eigenvalue weighted by Gasteiger charge is -2.41. The molecule has 2 unspecified atom stereocenters. The van der Waals surface area contributed by atoms with Crippen molar-refractivity contribution in [3.63, 3.8) is 0 Å². The standard InChI is InChI=1S/C20H17BrF4O3S2/c1-18(23)20(24,25)28-16-10-12(4-6-15(16)27-18)19(29-7-2-8-30-19)17(26)11-3-5-14(22)13(21)9-11/h3-6,9-10,17,26H,2,7-8H2,1H3. The number of thioether (sulfide) groups is 2. The lowest BCUT2D eigenvalue weighted by atomic mass is 9.99. The van der Waals surface area contributed by atoms with Crippen molar-refractivity contribution in [2.45, 2.75) is 35.5 Å². The Morgan fingerprint density at radius 1 is 1.03 bits per heavy atom. The lowest BCUT2D eigenvalue weighted by Crippen LogP contribution is -2.53. The maximum Gasteiger partial charge on any atom is 0.471 e. The van der Waals surface area contributed by atoms with E-state index in [1.807, 2.05) is 0 Å². The molecule has 0 radical (unpaired) electrons. The Balaban J connectivity index is 1.77. The topological polar surface area (TPSA) is 38.7 Å². The van der Waals surface area contributed by atoms with Crippen LogP contribution in [0.5, 0.6) is 11.5 Å². The highest BCUT2D eigenvalue weighted by Crippen LogP contribution is 2.59. The molecule has 2 aromatic rings. The van der Waals surface area contributed by atoms with E-state index in [0.29, 0.717) is 18.1 Å². The SMILES string of the molecule is CC1(F)Oc2ccc(C3(C(O)c4ccc(F)c(Br)c4)SCCCS3)cc2OC1(F)F. The number of alkyl halides is 3. The van der Waals surface area contributed by atoms with Gasteiger partial charge >= 0.3 is 12.0 Å². The molecule has 2 aliphatic rings. The molecule has 0 spiro atoms. The number of aliphatic hydroxyl groups is 1. The minimum atomic E-state index is -4.17. The third kappa shape index (κ3) is 3.69. The molecule has 162 valence electrons. The summed E-state index contributed by atoms with van der Waals surface area (Å²) in [6.45, 7) is 0.605. The molecule has 0 saturated carbocycles. The van der Waals surface area contributed by atoms with Gasteiger partial charge in [0.2, 0.25) is 0 Å². The fourth-order valence-corrected chi connectivity index (χ4v) is 7.09. The zero-order chi connectivity index (χ0) is 21.7. The van der Waals surface area contributed by atoms with Crippen molar-refractivity contribution < 1.29 is 32.1 Å². The molecule has 0 aromatic heterocycles. The van der Waals surface area contributed by atoms with Gasteiger partial charge in [-0.05, 0) is 69.2 Å². The van der Waals surface area contributed by atoms with Crippen molar-refractivity contribution in [1.82, 2.24) is 0 Å². The van der Waals surface area contributed by atoms with E-state index in [9.17, 15) is 22.7 Å². The summed E-state index contributed by atoms with van der Waals surface area (Å²) in [7, 11) is 0. The van der Waals surface area contributed by atoms with E-state index in [1.165, 1.54) is 53.9 Å². The first-order chi connectivity index (χ1) is 14.1. The Morgan fingerprint density at radius 2 is 1.73 bits per heavy atom. The zero-order valence-corrected chi connectivity index (χ0v) is 18.9. The molecule has 0 amide bonds. The minimum Gasteiger partial charge on any atom is -0.446 e. The van der Waals surface area contributed by atoms with Crippen molar-refractivity contribution in [3.05, 3.63) is 57.8 Å². The van der Waals surface area contributed by atoms with Crippen LogP contribution in [-0.2, 0) is 4.08 Å². The third-order valence-electron chi connectivity index (χ3n) is 4.95. The molecule has 0 bridgehead atoms. The Labute approximate surface area is 187 Å². The molecule has 2 atom stereocenters. The third-order valence-corrected chi connectivity index (χ3v) is 9.02. The fourth-order valence-electron chi connectivity index (χ4n) is 3.32. The summed E-state index contributed by atoms with van der Waals surface area (Å²) < 4.78 is 64.5. The largest absolute Gasteiger partial charge is 0.471 e. The average Bonchev–Trinajstić information content (AvgIpc) is 2.70. The van der Waals surface area contributed by atoms with Gasteiger partial charge in [0, 0.05) is 6.92 Å². The van der Waals surface area contributed by atoms with Crippen LogP contribution >= 0.6 is 39.5 Å². The number of halogens is 5. The minimum absolute atomic E-state index is 0.144. The van der Waals surface area contributed by atoms with E-state index in [0.717, 1.165) is 17.9 Å². The number of rotatable bonds is 3. The van der Waals surface area contributed by atoms with E-state index in [4.69, 9.17) is 4.74 Å². The van der Waals surface area contributed by atoms with Gasteiger partial charge in [-0.25, -0.2) is 4.39 Å². The molecule has 1 saturated heterocycles. The summed E-state index contributed by atoms with van der Waals surface area (Å²) in [6.07, 6.45) is -4.32. The Morgan fingerprint density at radius 3 is 2.40 bits per heavy atom. The van der Waals surface area contributed by atoms with Crippen LogP contribution in [0.1, 0.15) is 30.6 Å². The van der Waals surface area contributed by atoms with Crippen LogP contribution in [0.25, 0.3) is 0 Å². The first kappa shape index (κ1) is 22.1. The van der Waals surface area contributed by atoms with Crippen molar-refractivity contribution in [2.24, 2.45) is 0 Å². The normalized spacial score (nSPS) is 25.6. The van der Waals surface area contributed by atoms with Crippen LogP contribution < -0.4 is 9.47 Å². The van der Waals surface area contributed by atoms with Crippen LogP contribution in [0, 0.1) is 5.82 Å². The quantitative estimate of drug-likeness (QED) is 0.470. The highest BCUT2D eigenvalue weighted by molar-refractivity contribution is 9.10. The molecule has 2 aromatic carbocycles. The molecule has 1 fully saturated rings. The fraction of sp³-hybridized carbons (Fsp3) is 0.400. The van der Waals surface area contributed by atoms with Gasteiger partial charge in [0.15, 0.2) is 11.5 Å². The van der Waals surface area contributed by atoms with Crippen LogP contribution in [0.3, 0.4) is 0 Å². The van der Waals surface area contributed by atoms with Crippen LogP contribution in [0.4, 0.5) is 17.6 Å². The molecule has 2 heterocycles. The average molecular weight is 525 g/mol. The number of aliphatic hydroxyl groups excluding tert-OH is 1. The van der Waals surface area contributed by atoms with Crippen molar-refractivity contribution in [2.75, 3.05) is 11.5 Å². The summed E-state index contributed by atoms with van der Waals surface area (Å²) in [5, 5.41) is 11.3. The van der Waals surface area contributed by atoms with Crippen molar-refractivity contribution in [3.8, 4) is 11.5 Å². The van der Waals surface area contributed by atoms with Gasteiger partial charge in [0.05, 0.1) is 4.47 Å². The van der Waals surface area contributed by atoms with Gasteiger partial charge in [-0.15, -0.1) is 23.5 Å².